The van der Waals surface area contributed by atoms with Crippen molar-refractivity contribution in [2.45, 2.75) is 30.8 Å². The fourth-order valence-corrected chi connectivity index (χ4v) is 5.60. The normalized spacial score (nSPS) is 16.2. The Morgan fingerprint density at radius 3 is 2.71 bits per heavy atom. The minimum Gasteiger partial charge on any atom is -0.364 e. The largest absolute Gasteiger partial charge is 0.364 e. The van der Waals surface area contributed by atoms with Gasteiger partial charge in [0.1, 0.15) is 17.5 Å². The van der Waals surface area contributed by atoms with Gasteiger partial charge in [0.25, 0.3) is 15.9 Å². The van der Waals surface area contributed by atoms with Gasteiger partial charge in [0, 0.05) is 31.0 Å². The summed E-state index contributed by atoms with van der Waals surface area (Å²) >= 11 is 0. The highest BCUT2D eigenvalue weighted by Crippen LogP contribution is 2.38. The van der Waals surface area contributed by atoms with Crippen molar-refractivity contribution < 1.29 is 22.0 Å². The third kappa shape index (κ3) is 4.03. The standard InChI is InChI=1S/C23H22F2N6O3S/c1-14-26-13-22(29(14)2)35(33,34)28-23(32)18-12-27-31-9-7-16(11-21(18)31)30-8-3-4-20(30)17-10-15(24)5-6-19(17)25/h5-7,9-13,20H,3-4,8H2,1-2H3,(H,28,32)/t20-/m1/s1. The second kappa shape index (κ2) is 8.45. The lowest BCUT2D eigenvalue weighted by Gasteiger charge is -2.27. The first-order valence-electron chi connectivity index (χ1n) is 10.9. The summed E-state index contributed by atoms with van der Waals surface area (Å²) in [6.07, 6.45) is 5.52. The van der Waals surface area contributed by atoms with Gasteiger partial charge in [-0.25, -0.2) is 23.0 Å². The minimum atomic E-state index is -4.17. The molecular weight excluding hydrogens is 478 g/mol. The summed E-state index contributed by atoms with van der Waals surface area (Å²) in [5, 5.41) is 4.01. The molecule has 3 aromatic heterocycles. The molecule has 182 valence electrons. The molecule has 1 aliphatic heterocycles. The van der Waals surface area contributed by atoms with E-state index in [0.717, 1.165) is 18.6 Å². The van der Waals surface area contributed by atoms with E-state index in [1.807, 2.05) is 4.90 Å². The molecule has 1 aliphatic rings. The van der Waals surface area contributed by atoms with E-state index < -0.39 is 27.6 Å². The fraction of sp³-hybridized carbons (Fsp3) is 0.261. The van der Waals surface area contributed by atoms with Crippen LogP contribution in [0.3, 0.4) is 0 Å². The lowest BCUT2D eigenvalue weighted by molar-refractivity contribution is 0.0983. The molecule has 0 unspecified atom stereocenters. The topological polar surface area (TPSA) is 102 Å². The number of anilines is 1. The van der Waals surface area contributed by atoms with Crippen LogP contribution in [0.2, 0.25) is 0 Å². The van der Waals surface area contributed by atoms with Crippen LogP contribution in [0.15, 0.2) is 53.9 Å². The van der Waals surface area contributed by atoms with E-state index in [-0.39, 0.29) is 22.2 Å². The Morgan fingerprint density at radius 1 is 1.17 bits per heavy atom. The summed E-state index contributed by atoms with van der Waals surface area (Å²) in [4.78, 5) is 18.9. The number of fused-ring (bicyclic) bond motifs is 1. The summed E-state index contributed by atoms with van der Waals surface area (Å²) < 4.78 is 58.7. The zero-order valence-electron chi connectivity index (χ0n) is 18.9. The molecule has 1 amide bonds. The van der Waals surface area contributed by atoms with Crippen molar-refractivity contribution in [3.8, 4) is 0 Å². The highest BCUT2D eigenvalue weighted by molar-refractivity contribution is 7.90. The van der Waals surface area contributed by atoms with E-state index in [1.54, 1.807) is 25.3 Å². The van der Waals surface area contributed by atoms with Crippen LogP contribution in [0.4, 0.5) is 14.5 Å². The third-order valence-electron chi connectivity index (χ3n) is 6.33. The number of pyridine rings is 1. The van der Waals surface area contributed by atoms with Gasteiger partial charge >= 0.3 is 0 Å². The van der Waals surface area contributed by atoms with E-state index in [0.29, 0.717) is 30.0 Å². The summed E-state index contributed by atoms with van der Waals surface area (Å²) in [7, 11) is -2.63. The van der Waals surface area contributed by atoms with Gasteiger partial charge in [0.15, 0.2) is 5.03 Å². The number of nitrogens with zero attached hydrogens (tertiary/aromatic N) is 5. The number of carbonyl (C=O) groups is 1. The van der Waals surface area contributed by atoms with Crippen LogP contribution in [0, 0.1) is 18.6 Å². The van der Waals surface area contributed by atoms with E-state index >= 15 is 0 Å². The Bertz CT molecular complexity index is 1560. The first kappa shape index (κ1) is 23.0. The number of nitrogens with one attached hydrogen (secondary N) is 1. The van der Waals surface area contributed by atoms with Crippen molar-refractivity contribution in [3.63, 3.8) is 0 Å². The van der Waals surface area contributed by atoms with Crippen molar-refractivity contribution in [3.05, 3.63) is 77.5 Å². The maximum absolute atomic E-state index is 14.5. The van der Waals surface area contributed by atoms with Gasteiger partial charge in [-0.2, -0.15) is 13.5 Å². The van der Waals surface area contributed by atoms with Gasteiger partial charge in [-0.3, -0.25) is 4.79 Å². The number of rotatable bonds is 5. The summed E-state index contributed by atoms with van der Waals surface area (Å²) in [6.45, 7) is 2.26. The number of hydrogen-bond donors (Lipinski definition) is 1. The molecule has 0 spiro atoms. The number of carbonyl (C=O) groups excluding carboxylic acids is 1. The van der Waals surface area contributed by atoms with Gasteiger partial charge in [-0.05, 0) is 50.1 Å². The highest BCUT2D eigenvalue weighted by atomic mass is 32.2. The molecule has 9 nitrogen and oxygen atoms in total. The molecule has 12 heteroatoms. The molecule has 1 aromatic carbocycles. The summed E-state index contributed by atoms with van der Waals surface area (Å²) in [5.41, 5.74) is 1.39. The number of sulfonamides is 1. The predicted molar refractivity (Wildman–Crippen MR) is 123 cm³/mol. The minimum absolute atomic E-state index is 0.0574. The van der Waals surface area contributed by atoms with Crippen molar-refractivity contribution in [2.24, 2.45) is 7.05 Å². The Morgan fingerprint density at radius 2 is 1.97 bits per heavy atom. The van der Waals surface area contributed by atoms with Gasteiger partial charge < -0.3 is 9.47 Å². The Balaban J connectivity index is 1.47. The molecule has 35 heavy (non-hydrogen) atoms. The SMILES string of the molecule is Cc1ncc(S(=O)(=O)NC(=O)c2cnn3ccc(N4CCC[C@@H]4c4cc(F)ccc4F)cc23)n1C. The van der Waals surface area contributed by atoms with Crippen molar-refractivity contribution >= 4 is 27.1 Å². The molecule has 5 rings (SSSR count). The Kier molecular flexibility index (Phi) is 5.55. The van der Waals surface area contributed by atoms with Crippen LogP contribution in [0.1, 0.15) is 40.6 Å². The van der Waals surface area contributed by atoms with Crippen LogP contribution >= 0.6 is 0 Å². The van der Waals surface area contributed by atoms with Crippen molar-refractivity contribution in [1.82, 2.24) is 23.9 Å². The smallest absolute Gasteiger partial charge is 0.281 e. The van der Waals surface area contributed by atoms with Crippen LogP contribution in [0.25, 0.3) is 5.52 Å². The highest BCUT2D eigenvalue weighted by Gasteiger charge is 2.30. The van der Waals surface area contributed by atoms with Crippen LogP contribution in [-0.4, -0.2) is 40.0 Å². The Hall–Kier alpha value is -3.80. The van der Waals surface area contributed by atoms with E-state index in [9.17, 15) is 22.0 Å². The number of aryl methyl sites for hydroxylation is 1. The second-order valence-corrected chi connectivity index (χ2v) is 10.1. The second-order valence-electron chi connectivity index (χ2n) is 8.43. The van der Waals surface area contributed by atoms with E-state index in [4.69, 9.17) is 0 Å². The van der Waals surface area contributed by atoms with Crippen molar-refractivity contribution in [2.75, 3.05) is 11.4 Å². The van der Waals surface area contributed by atoms with Gasteiger partial charge in [-0.15, -0.1) is 0 Å². The number of benzene rings is 1. The molecule has 1 N–H and O–H groups in total. The van der Waals surface area contributed by atoms with E-state index in [2.05, 4.69) is 14.8 Å². The number of halogens is 2. The maximum atomic E-state index is 14.5. The van der Waals surface area contributed by atoms with Crippen molar-refractivity contribution in [1.29, 1.82) is 0 Å². The summed E-state index contributed by atoms with van der Waals surface area (Å²) in [5.74, 6) is -1.36. The molecule has 0 radical (unpaired) electrons. The van der Waals surface area contributed by atoms with Crippen LogP contribution in [-0.2, 0) is 17.1 Å². The summed E-state index contributed by atoms with van der Waals surface area (Å²) in [6, 6.07) is 6.50. The van der Waals surface area contributed by atoms with Crippen LogP contribution < -0.4 is 9.62 Å². The molecule has 0 saturated carbocycles. The fourth-order valence-electron chi connectivity index (χ4n) is 4.45. The molecule has 4 aromatic rings. The van der Waals surface area contributed by atoms with Gasteiger partial charge in [-0.1, -0.05) is 0 Å². The number of imidazole rings is 1. The molecule has 0 bridgehead atoms. The lowest BCUT2D eigenvalue weighted by atomic mass is 10.0. The number of amides is 1. The molecule has 1 saturated heterocycles. The monoisotopic (exact) mass is 500 g/mol. The zero-order chi connectivity index (χ0) is 24.9. The number of hydrogen-bond acceptors (Lipinski definition) is 6. The molecule has 0 aliphatic carbocycles. The molecule has 4 heterocycles. The van der Waals surface area contributed by atoms with Gasteiger partial charge in [0.2, 0.25) is 0 Å². The number of aromatic nitrogens is 4. The predicted octanol–water partition coefficient (Wildman–Crippen LogP) is 3.11. The average Bonchev–Trinajstić information content (AvgIpc) is 3.54. The van der Waals surface area contributed by atoms with E-state index in [1.165, 1.54) is 34.6 Å². The molecular formula is C23H22F2N6O3S. The maximum Gasteiger partial charge on any atom is 0.281 e. The average molecular weight is 501 g/mol. The molecule has 1 atom stereocenters. The Labute approximate surface area is 200 Å². The van der Waals surface area contributed by atoms with Gasteiger partial charge in [0.05, 0.1) is 29.5 Å². The third-order valence-corrected chi connectivity index (χ3v) is 7.72. The zero-order valence-corrected chi connectivity index (χ0v) is 19.8. The van der Waals surface area contributed by atoms with Crippen LogP contribution in [0.5, 0.6) is 0 Å². The quantitative estimate of drug-likeness (QED) is 0.452. The first-order chi connectivity index (χ1) is 16.7. The molecule has 1 fully saturated rings. The lowest BCUT2D eigenvalue weighted by Crippen LogP contribution is -2.31. The first-order valence-corrected chi connectivity index (χ1v) is 12.4.